The summed E-state index contributed by atoms with van der Waals surface area (Å²) in [6.07, 6.45) is 3.05. The maximum absolute atomic E-state index is 12.5. The molecule has 0 saturated carbocycles. The zero-order valence-electron chi connectivity index (χ0n) is 17.8. The smallest absolute Gasteiger partial charge is 0.263 e. The normalized spacial score (nSPS) is 11.1. The van der Waals surface area contributed by atoms with Crippen LogP contribution in [0.4, 0.5) is 11.5 Å². The van der Waals surface area contributed by atoms with Crippen molar-refractivity contribution in [3.8, 4) is 5.88 Å². The van der Waals surface area contributed by atoms with Gasteiger partial charge in [0, 0.05) is 17.8 Å². The summed E-state index contributed by atoms with van der Waals surface area (Å²) < 4.78 is 32.3. The molecule has 9 nitrogen and oxygen atoms in total. The van der Waals surface area contributed by atoms with Crippen LogP contribution in [0.3, 0.4) is 0 Å². The average Bonchev–Trinajstić information content (AvgIpc) is 2.79. The number of aryl methyl sites for hydroxylation is 1. The van der Waals surface area contributed by atoms with Crippen molar-refractivity contribution in [3.63, 3.8) is 0 Å². The predicted molar refractivity (Wildman–Crippen MR) is 130 cm³/mol. The van der Waals surface area contributed by atoms with Crippen molar-refractivity contribution in [2.75, 3.05) is 17.1 Å². The maximum Gasteiger partial charge on any atom is 0.263 e. The highest BCUT2D eigenvalue weighted by molar-refractivity contribution is 7.92. The van der Waals surface area contributed by atoms with E-state index in [2.05, 4.69) is 25.6 Å². The third-order valence-electron chi connectivity index (χ3n) is 4.25. The first-order valence-corrected chi connectivity index (χ1v) is 11.5. The first-order valence-electron chi connectivity index (χ1n) is 9.62. The van der Waals surface area contributed by atoms with Crippen molar-refractivity contribution < 1.29 is 17.9 Å². The number of anilines is 2. The predicted octanol–water partition coefficient (Wildman–Crippen LogP) is 3.12. The average molecular weight is 484 g/mol. The molecule has 0 aliphatic rings. The molecule has 2 aromatic carbocycles. The molecule has 1 heterocycles. The van der Waals surface area contributed by atoms with Crippen LogP contribution < -0.4 is 20.1 Å². The molecule has 0 aliphatic heterocycles. The fraction of sp³-hybridized carbons (Fsp3) is 0.0909. The van der Waals surface area contributed by atoms with Gasteiger partial charge >= 0.3 is 0 Å². The molecular weight excluding hydrogens is 462 g/mol. The molecule has 0 unspecified atom stereocenters. The molecule has 0 fully saturated rings. The summed E-state index contributed by atoms with van der Waals surface area (Å²) in [5, 5.41) is 12.9. The number of nitrogens with zero attached hydrogens (tertiary/aromatic N) is 2. The number of amides is 1. The first-order chi connectivity index (χ1) is 15.7. The second-order valence-electron chi connectivity index (χ2n) is 6.78. The lowest BCUT2D eigenvalue weighted by molar-refractivity contribution is -0.115. The lowest BCUT2D eigenvalue weighted by Gasteiger charge is -2.10. The molecular formula is C22H21N5O4S2. The highest BCUT2D eigenvalue weighted by Gasteiger charge is 2.15. The van der Waals surface area contributed by atoms with Crippen molar-refractivity contribution in [2.45, 2.75) is 11.8 Å². The van der Waals surface area contributed by atoms with Gasteiger partial charge in [0.25, 0.3) is 10.0 Å². The molecule has 3 N–H and O–H groups in total. The van der Waals surface area contributed by atoms with E-state index in [9.17, 15) is 13.2 Å². The van der Waals surface area contributed by atoms with E-state index in [-0.39, 0.29) is 21.7 Å². The second kappa shape index (κ2) is 10.7. The number of methoxy groups -OCH3 is 1. The van der Waals surface area contributed by atoms with Crippen molar-refractivity contribution in [1.29, 1.82) is 0 Å². The Morgan fingerprint density at radius 2 is 1.70 bits per heavy atom. The van der Waals surface area contributed by atoms with Gasteiger partial charge in [-0.3, -0.25) is 14.8 Å². The largest absolute Gasteiger partial charge is 0.480 e. The number of hydrogen-bond donors (Lipinski definition) is 3. The molecule has 0 bridgehead atoms. The molecule has 3 aromatic rings. The molecule has 0 spiro atoms. The third-order valence-corrected chi connectivity index (χ3v) is 5.83. The van der Waals surface area contributed by atoms with Crippen molar-refractivity contribution in [2.24, 2.45) is 0 Å². The Bertz CT molecular complexity index is 1260. The lowest BCUT2D eigenvalue weighted by Crippen LogP contribution is -2.32. The topological polar surface area (TPSA) is 122 Å². The van der Waals surface area contributed by atoms with E-state index in [0.29, 0.717) is 5.69 Å². The molecule has 0 radical (unpaired) electrons. The number of aromatic nitrogens is 2. The second-order valence-corrected chi connectivity index (χ2v) is 8.87. The molecule has 170 valence electrons. The van der Waals surface area contributed by atoms with E-state index in [0.717, 1.165) is 11.1 Å². The number of ether oxygens (including phenoxy) is 1. The van der Waals surface area contributed by atoms with Gasteiger partial charge in [-0.05, 0) is 61.1 Å². The van der Waals surface area contributed by atoms with Gasteiger partial charge in [0.2, 0.25) is 11.8 Å². The molecule has 0 saturated heterocycles. The number of rotatable bonds is 7. The standard InChI is InChI=1S/C22H21N5O4S2/c1-15-3-5-16(6-4-15)7-13-20(28)24-22(32)23-17-8-10-18(11-9-17)33(29,30)27-19-12-14-21(31-2)26-25-19/h3-14H,1-2H3,(H,25,27)(H2,23,24,28,32)/b13-7+. The van der Waals surface area contributed by atoms with Gasteiger partial charge in [0.1, 0.15) is 0 Å². The van der Waals surface area contributed by atoms with Crippen LogP contribution in [0, 0.1) is 6.92 Å². The molecule has 0 aliphatic carbocycles. The van der Waals surface area contributed by atoms with E-state index in [1.807, 2.05) is 31.2 Å². The van der Waals surface area contributed by atoms with E-state index < -0.39 is 15.9 Å². The molecule has 33 heavy (non-hydrogen) atoms. The number of nitrogens with one attached hydrogen (secondary N) is 3. The minimum atomic E-state index is -3.87. The van der Waals surface area contributed by atoms with E-state index in [1.54, 1.807) is 6.08 Å². The summed E-state index contributed by atoms with van der Waals surface area (Å²) in [4.78, 5) is 12.1. The summed E-state index contributed by atoms with van der Waals surface area (Å²) in [7, 11) is -2.43. The Morgan fingerprint density at radius 3 is 2.30 bits per heavy atom. The van der Waals surface area contributed by atoms with Crippen LogP contribution in [0.15, 0.2) is 71.6 Å². The van der Waals surface area contributed by atoms with Crippen LogP contribution in [-0.4, -0.2) is 36.7 Å². The summed E-state index contributed by atoms with van der Waals surface area (Å²) in [6.45, 7) is 1.98. The van der Waals surface area contributed by atoms with E-state index in [4.69, 9.17) is 17.0 Å². The molecule has 3 rings (SSSR count). The minimum absolute atomic E-state index is 0.0154. The monoisotopic (exact) mass is 483 g/mol. The molecule has 1 amide bonds. The Morgan fingerprint density at radius 1 is 1.00 bits per heavy atom. The van der Waals surface area contributed by atoms with Gasteiger partial charge in [-0.15, -0.1) is 10.2 Å². The van der Waals surface area contributed by atoms with Crippen LogP contribution in [0.1, 0.15) is 11.1 Å². The van der Waals surface area contributed by atoms with Crippen LogP contribution in [0.25, 0.3) is 6.08 Å². The molecule has 1 aromatic heterocycles. The fourth-order valence-electron chi connectivity index (χ4n) is 2.56. The number of sulfonamides is 1. The van der Waals surface area contributed by atoms with Crippen LogP contribution >= 0.6 is 12.2 Å². The number of carbonyl (C=O) groups excluding carboxylic acids is 1. The molecule has 11 heteroatoms. The van der Waals surface area contributed by atoms with Gasteiger partial charge in [0.05, 0.1) is 12.0 Å². The maximum atomic E-state index is 12.5. The number of hydrogen-bond acceptors (Lipinski definition) is 7. The lowest BCUT2D eigenvalue weighted by atomic mass is 10.1. The molecule has 0 atom stereocenters. The number of carbonyl (C=O) groups is 1. The Balaban J connectivity index is 1.56. The Kier molecular flexibility index (Phi) is 7.70. The third kappa shape index (κ3) is 7.09. The van der Waals surface area contributed by atoms with Gasteiger partial charge in [0.15, 0.2) is 10.9 Å². The van der Waals surface area contributed by atoms with Gasteiger partial charge < -0.3 is 10.1 Å². The fourth-order valence-corrected chi connectivity index (χ4v) is 3.78. The van der Waals surface area contributed by atoms with E-state index in [1.165, 1.54) is 49.6 Å². The van der Waals surface area contributed by atoms with Crippen LogP contribution in [0.2, 0.25) is 0 Å². The zero-order chi connectivity index (χ0) is 23.8. The summed E-state index contributed by atoms with van der Waals surface area (Å²) >= 11 is 5.14. The van der Waals surface area contributed by atoms with Gasteiger partial charge in [-0.25, -0.2) is 8.42 Å². The number of thiocarbonyl (C=S) groups is 1. The summed E-state index contributed by atoms with van der Waals surface area (Å²) in [6, 6.07) is 16.5. The first kappa shape index (κ1) is 23.8. The van der Waals surface area contributed by atoms with Crippen molar-refractivity contribution in [1.82, 2.24) is 15.5 Å². The van der Waals surface area contributed by atoms with Crippen LogP contribution in [-0.2, 0) is 14.8 Å². The Hall–Kier alpha value is -3.83. The minimum Gasteiger partial charge on any atom is -0.480 e. The van der Waals surface area contributed by atoms with Gasteiger partial charge in [-0.2, -0.15) is 0 Å². The quantitative estimate of drug-likeness (QED) is 0.346. The highest BCUT2D eigenvalue weighted by Crippen LogP contribution is 2.17. The van der Waals surface area contributed by atoms with E-state index >= 15 is 0 Å². The Labute approximate surface area is 196 Å². The van der Waals surface area contributed by atoms with Crippen molar-refractivity contribution in [3.05, 3.63) is 77.9 Å². The SMILES string of the molecule is COc1ccc(NS(=O)(=O)c2ccc(NC(=S)NC(=O)/C=C/c3ccc(C)cc3)cc2)nn1. The van der Waals surface area contributed by atoms with Gasteiger partial charge in [-0.1, -0.05) is 29.8 Å². The summed E-state index contributed by atoms with van der Waals surface area (Å²) in [5.41, 5.74) is 2.53. The van der Waals surface area contributed by atoms with Crippen LogP contribution in [0.5, 0.6) is 5.88 Å². The number of benzene rings is 2. The summed E-state index contributed by atoms with van der Waals surface area (Å²) in [5.74, 6) is -0.0697. The highest BCUT2D eigenvalue weighted by atomic mass is 32.2. The van der Waals surface area contributed by atoms with Crippen molar-refractivity contribution >= 4 is 50.8 Å². The zero-order valence-corrected chi connectivity index (χ0v) is 19.4.